The second-order valence-corrected chi connectivity index (χ2v) is 6.41. The van der Waals surface area contributed by atoms with Crippen LogP contribution in [0.5, 0.6) is 0 Å². The van der Waals surface area contributed by atoms with E-state index in [1.54, 1.807) is 0 Å². The molecule has 2 fully saturated rings. The Hall–Kier alpha value is -0.950. The lowest BCUT2D eigenvalue weighted by Crippen LogP contribution is -2.49. The highest BCUT2D eigenvalue weighted by Crippen LogP contribution is 2.29. The highest BCUT2D eigenvalue weighted by molar-refractivity contribution is 7.99. The number of urea groups is 1. The van der Waals surface area contributed by atoms with Gasteiger partial charge in [0, 0.05) is 25.5 Å². The minimum Gasteiger partial charge on any atom is -0.480 e. The Morgan fingerprint density at radius 2 is 2.16 bits per heavy atom. The molecule has 0 aliphatic carbocycles. The fraction of sp³-hybridized carbons (Fsp3) is 0.833. The molecular formula is C12H20N2O4S. The van der Waals surface area contributed by atoms with Gasteiger partial charge in [0.2, 0.25) is 0 Å². The van der Waals surface area contributed by atoms with Gasteiger partial charge < -0.3 is 20.1 Å². The van der Waals surface area contributed by atoms with E-state index in [0.29, 0.717) is 18.2 Å². The molecule has 2 N–H and O–H groups in total. The molecule has 2 heterocycles. The molecule has 2 aliphatic heterocycles. The summed E-state index contributed by atoms with van der Waals surface area (Å²) in [6.07, 6.45) is 1.84. The van der Waals surface area contributed by atoms with Crippen LogP contribution in [0.25, 0.3) is 0 Å². The first-order chi connectivity index (χ1) is 9.02. The van der Waals surface area contributed by atoms with Crippen LogP contribution in [0.15, 0.2) is 0 Å². The first kappa shape index (κ1) is 14.5. The third kappa shape index (κ3) is 3.54. The molecule has 0 radical (unpaired) electrons. The molecule has 6 nitrogen and oxygen atoms in total. The van der Waals surface area contributed by atoms with Crippen molar-refractivity contribution in [3.8, 4) is 0 Å². The largest absolute Gasteiger partial charge is 0.480 e. The van der Waals surface area contributed by atoms with Crippen LogP contribution < -0.4 is 5.32 Å². The van der Waals surface area contributed by atoms with Gasteiger partial charge in [0.05, 0.1) is 5.88 Å². The Bertz CT molecular complexity index is 358. The minimum absolute atomic E-state index is 0.0551. The quantitative estimate of drug-likeness (QED) is 0.809. The highest BCUT2D eigenvalue weighted by atomic mass is 32.2. The molecule has 1 unspecified atom stereocenters. The second kappa shape index (κ2) is 6.00. The van der Waals surface area contributed by atoms with Crippen molar-refractivity contribution in [2.75, 3.05) is 31.4 Å². The van der Waals surface area contributed by atoms with E-state index in [4.69, 9.17) is 9.84 Å². The number of nitrogens with zero attached hydrogens (tertiary/aromatic N) is 1. The number of carboxylic acid groups (broad SMARTS) is 1. The van der Waals surface area contributed by atoms with Crippen molar-refractivity contribution >= 4 is 23.8 Å². The van der Waals surface area contributed by atoms with E-state index >= 15 is 0 Å². The van der Waals surface area contributed by atoms with Crippen LogP contribution in [0, 0.1) is 5.41 Å². The summed E-state index contributed by atoms with van der Waals surface area (Å²) in [5.41, 5.74) is 0.0551. The summed E-state index contributed by atoms with van der Waals surface area (Å²) in [5.74, 6) is -0.0198. The Morgan fingerprint density at radius 3 is 2.79 bits per heavy atom. The summed E-state index contributed by atoms with van der Waals surface area (Å²) in [6, 6.07) is -0.974. The van der Waals surface area contributed by atoms with Crippen LogP contribution in [-0.4, -0.2) is 59.4 Å². The molecule has 2 rings (SSSR count). The van der Waals surface area contributed by atoms with Crippen molar-refractivity contribution in [1.29, 1.82) is 0 Å². The monoisotopic (exact) mass is 288 g/mol. The SMILES string of the molecule is CC1(CNC(=O)N2CSCC2C(=O)O)CCOCC1. The van der Waals surface area contributed by atoms with Crippen molar-refractivity contribution in [1.82, 2.24) is 10.2 Å². The van der Waals surface area contributed by atoms with Gasteiger partial charge in [0.1, 0.15) is 6.04 Å². The molecule has 2 aliphatic rings. The molecule has 0 aromatic heterocycles. The third-order valence-electron chi connectivity index (χ3n) is 3.79. The highest BCUT2D eigenvalue weighted by Gasteiger charge is 2.35. The molecule has 0 saturated carbocycles. The number of amides is 2. The van der Waals surface area contributed by atoms with Gasteiger partial charge in [0.15, 0.2) is 0 Å². The lowest BCUT2D eigenvalue weighted by Gasteiger charge is -2.34. The Balaban J connectivity index is 1.85. The van der Waals surface area contributed by atoms with Gasteiger partial charge in [-0.3, -0.25) is 0 Å². The molecule has 1 atom stereocenters. The maximum Gasteiger partial charge on any atom is 0.327 e. The topological polar surface area (TPSA) is 78.9 Å². The van der Waals surface area contributed by atoms with E-state index in [0.717, 1.165) is 26.1 Å². The lowest BCUT2D eigenvalue weighted by molar-refractivity contribution is -0.140. The summed E-state index contributed by atoms with van der Waals surface area (Å²) >= 11 is 1.47. The molecule has 0 aromatic carbocycles. The van der Waals surface area contributed by atoms with Crippen LogP contribution in [0.2, 0.25) is 0 Å². The predicted molar refractivity (Wildman–Crippen MR) is 72.1 cm³/mol. The summed E-state index contributed by atoms with van der Waals surface area (Å²) < 4.78 is 5.32. The van der Waals surface area contributed by atoms with Crippen molar-refractivity contribution in [3.05, 3.63) is 0 Å². The number of carboxylic acids is 1. The van der Waals surface area contributed by atoms with E-state index < -0.39 is 12.0 Å². The first-order valence-corrected chi connectivity index (χ1v) is 7.60. The fourth-order valence-corrected chi connectivity index (χ4v) is 3.42. The summed E-state index contributed by atoms with van der Waals surface area (Å²) in [4.78, 5) is 24.5. The van der Waals surface area contributed by atoms with Crippen molar-refractivity contribution in [2.45, 2.75) is 25.8 Å². The number of carbonyl (C=O) groups excluding carboxylic acids is 1. The molecular weight excluding hydrogens is 268 g/mol. The van der Waals surface area contributed by atoms with Crippen LogP contribution in [0.3, 0.4) is 0 Å². The molecule has 7 heteroatoms. The summed E-state index contributed by atoms with van der Waals surface area (Å²) in [6.45, 7) is 4.15. The average Bonchev–Trinajstić information content (AvgIpc) is 2.86. The van der Waals surface area contributed by atoms with E-state index in [-0.39, 0.29) is 11.4 Å². The van der Waals surface area contributed by atoms with Crippen molar-refractivity contribution in [2.24, 2.45) is 5.41 Å². The molecule has 2 amide bonds. The van der Waals surface area contributed by atoms with Crippen LogP contribution in [0.4, 0.5) is 4.79 Å². The molecule has 0 spiro atoms. The van der Waals surface area contributed by atoms with Crippen molar-refractivity contribution in [3.63, 3.8) is 0 Å². The number of rotatable bonds is 3. The molecule has 0 bridgehead atoms. The maximum absolute atomic E-state index is 12.1. The maximum atomic E-state index is 12.1. The Labute approximate surface area is 116 Å². The molecule has 0 aromatic rings. The van der Waals surface area contributed by atoms with Gasteiger partial charge in [-0.25, -0.2) is 9.59 Å². The number of hydrogen-bond donors (Lipinski definition) is 2. The van der Waals surface area contributed by atoms with Gasteiger partial charge >= 0.3 is 12.0 Å². The van der Waals surface area contributed by atoms with E-state index in [2.05, 4.69) is 12.2 Å². The van der Waals surface area contributed by atoms with E-state index in [9.17, 15) is 9.59 Å². The Morgan fingerprint density at radius 1 is 1.47 bits per heavy atom. The van der Waals surface area contributed by atoms with Crippen LogP contribution in [0.1, 0.15) is 19.8 Å². The van der Waals surface area contributed by atoms with E-state index in [1.807, 2.05) is 0 Å². The number of thioether (sulfide) groups is 1. The Kier molecular flexibility index (Phi) is 4.57. The zero-order chi connectivity index (χ0) is 13.9. The smallest absolute Gasteiger partial charge is 0.327 e. The number of ether oxygens (including phenoxy) is 1. The van der Waals surface area contributed by atoms with Gasteiger partial charge in [-0.05, 0) is 18.3 Å². The normalized spacial score (nSPS) is 26.2. The fourth-order valence-electron chi connectivity index (χ4n) is 2.28. The van der Waals surface area contributed by atoms with Gasteiger partial charge in [-0.2, -0.15) is 0 Å². The van der Waals surface area contributed by atoms with E-state index in [1.165, 1.54) is 16.7 Å². The zero-order valence-corrected chi connectivity index (χ0v) is 11.9. The summed E-state index contributed by atoms with van der Waals surface area (Å²) in [5, 5.41) is 11.9. The molecule has 19 heavy (non-hydrogen) atoms. The number of aliphatic carboxylic acids is 1. The van der Waals surface area contributed by atoms with Crippen LogP contribution in [-0.2, 0) is 9.53 Å². The van der Waals surface area contributed by atoms with Gasteiger partial charge in [0.25, 0.3) is 0 Å². The van der Waals surface area contributed by atoms with Gasteiger partial charge in [-0.1, -0.05) is 6.92 Å². The van der Waals surface area contributed by atoms with Crippen molar-refractivity contribution < 1.29 is 19.4 Å². The second-order valence-electron chi connectivity index (χ2n) is 5.41. The number of nitrogens with one attached hydrogen (secondary N) is 1. The standard InChI is InChI=1S/C12H20N2O4S/c1-12(2-4-18-5-3-12)7-13-11(17)14-8-19-6-9(14)10(15)16/h9H,2-8H2,1H3,(H,13,17)(H,15,16). The average molecular weight is 288 g/mol. The first-order valence-electron chi connectivity index (χ1n) is 6.45. The number of hydrogen-bond acceptors (Lipinski definition) is 4. The number of carbonyl (C=O) groups is 2. The predicted octanol–water partition coefficient (Wildman–Crippen LogP) is 0.972. The minimum atomic E-state index is -0.933. The van der Waals surface area contributed by atoms with Gasteiger partial charge in [-0.15, -0.1) is 11.8 Å². The third-order valence-corrected chi connectivity index (χ3v) is 4.81. The molecule has 2 saturated heterocycles. The summed E-state index contributed by atoms with van der Waals surface area (Å²) in [7, 11) is 0. The lowest BCUT2D eigenvalue weighted by atomic mass is 9.82. The zero-order valence-electron chi connectivity index (χ0n) is 11.1. The molecule has 108 valence electrons. The van der Waals surface area contributed by atoms with Crippen LogP contribution >= 0.6 is 11.8 Å².